The van der Waals surface area contributed by atoms with Gasteiger partial charge in [-0.1, -0.05) is 0 Å². The molecule has 0 bridgehead atoms. The van der Waals surface area contributed by atoms with Crippen LogP contribution in [0.15, 0.2) is 0 Å². The summed E-state index contributed by atoms with van der Waals surface area (Å²) < 4.78 is 1.56. The number of nitrogens with zero attached hydrogens (tertiary/aromatic N) is 1. The maximum absolute atomic E-state index is 9.00. The van der Waals surface area contributed by atoms with Gasteiger partial charge in [0.25, 0.3) is 5.97 Å². The summed E-state index contributed by atoms with van der Waals surface area (Å²) in [4.78, 5) is 9.00. The molecule has 0 aliphatic rings. The first-order valence-electron chi connectivity index (χ1n) is 1.96. The Balaban J connectivity index is 0. The number of carbonyl (C=O) groups is 1. The molecule has 0 spiro atoms. The summed E-state index contributed by atoms with van der Waals surface area (Å²) in [5, 5.41) is 7.42. The average Bonchev–Trinajstić information content (AvgIpc) is 1.25. The van der Waals surface area contributed by atoms with Crippen molar-refractivity contribution in [2.24, 2.45) is 0 Å². The van der Waals surface area contributed by atoms with Crippen molar-refractivity contribution in [2.75, 3.05) is 14.1 Å². The Hall–Kier alpha value is -0.0505. The Morgan fingerprint density at radius 1 is 1.62 bits per heavy atom. The number of carboxylic acids is 1. The molecule has 54 valence electrons. The Bertz CT molecular complexity index is 58.3. The van der Waals surface area contributed by atoms with Gasteiger partial charge in [-0.2, -0.15) is 0 Å². The number of rotatable bonds is 0. The Labute approximate surface area is 57.7 Å². The molecule has 3 nitrogen and oxygen atoms in total. The summed E-state index contributed by atoms with van der Waals surface area (Å²) in [6, 6.07) is 0. The molecule has 0 aliphatic carbocycles. The molecule has 0 unspecified atom stereocenters. The molecule has 0 rings (SSSR count). The fourth-order valence-corrected chi connectivity index (χ4v) is 0. The number of hydrogen-bond acceptors (Lipinski definition) is 2. The monoisotopic (exact) mass is 167 g/mol. The summed E-state index contributed by atoms with van der Waals surface area (Å²) in [7, 11) is 3.61. The molecule has 0 aromatic heterocycles. The Kier molecular flexibility index (Phi) is 9.42. The van der Waals surface area contributed by atoms with E-state index < -0.39 is 5.97 Å². The molecule has 0 aromatic carbocycles. The average molecular weight is 168 g/mol. The molecule has 0 aliphatic heterocycles. The predicted molar refractivity (Wildman–Crippen MR) is 27.0 cm³/mol. The number of aliphatic carboxylic acids is 1. The van der Waals surface area contributed by atoms with Crippen molar-refractivity contribution < 1.29 is 26.1 Å². The van der Waals surface area contributed by atoms with Crippen LogP contribution in [0, 0.1) is 0 Å². The third-order valence-corrected chi connectivity index (χ3v) is 0. The van der Waals surface area contributed by atoms with E-state index in [0.717, 1.165) is 6.92 Å². The summed E-state index contributed by atoms with van der Waals surface area (Å²) in [5.41, 5.74) is 0. The third-order valence-electron chi connectivity index (χ3n) is 0. The van der Waals surface area contributed by atoms with Crippen molar-refractivity contribution >= 4 is 5.97 Å². The summed E-state index contributed by atoms with van der Waals surface area (Å²) in [6.45, 7) is 1.08. The van der Waals surface area contributed by atoms with Gasteiger partial charge in [0, 0.05) is 6.92 Å². The second-order valence-electron chi connectivity index (χ2n) is 1.24. The summed E-state index contributed by atoms with van der Waals surface area (Å²) >= 11 is 4.58. The SMILES string of the molecule is CC(=O)O.C[N](C)[Cu]. The molecule has 4 heteroatoms. The van der Waals surface area contributed by atoms with Crippen LogP contribution < -0.4 is 0 Å². The zero-order chi connectivity index (χ0) is 7.15. The van der Waals surface area contributed by atoms with E-state index in [9.17, 15) is 0 Å². The van der Waals surface area contributed by atoms with Gasteiger partial charge in [-0.15, -0.1) is 0 Å². The van der Waals surface area contributed by atoms with E-state index in [-0.39, 0.29) is 0 Å². The Morgan fingerprint density at radius 3 is 1.62 bits per heavy atom. The van der Waals surface area contributed by atoms with Gasteiger partial charge in [0.1, 0.15) is 0 Å². The van der Waals surface area contributed by atoms with Gasteiger partial charge >= 0.3 is 34.2 Å². The molecule has 0 aromatic rings. The van der Waals surface area contributed by atoms with Gasteiger partial charge in [0.05, 0.1) is 0 Å². The fraction of sp³-hybridized carbons (Fsp3) is 0.750. The van der Waals surface area contributed by atoms with Crippen molar-refractivity contribution in [3.63, 3.8) is 0 Å². The normalized spacial score (nSPS) is 7.75. The standard InChI is InChI=1S/C2H6N.C2H4O2.Cu/c1-3-2;1-2(3)4;/h1-2H3;1H3,(H,3,4);/q-1;;+1. The van der Waals surface area contributed by atoms with Gasteiger partial charge in [-0.05, 0) is 0 Å². The first-order chi connectivity index (χ1) is 3.46. The van der Waals surface area contributed by atoms with E-state index in [0.29, 0.717) is 0 Å². The van der Waals surface area contributed by atoms with Gasteiger partial charge < -0.3 is 5.11 Å². The zero-order valence-corrected chi connectivity index (χ0v) is 6.05. The van der Waals surface area contributed by atoms with Crippen LogP contribution in [0.2, 0.25) is 0 Å². The maximum atomic E-state index is 9.00. The molecule has 1 N–H and O–H groups in total. The van der Waals surface area contributed by atoms with Gasteiger partial charge in [0.15, 0.2) is 0 Å². The van der Waals surface area contributed by atoms with E-state index in [1.807, 2.05) is 0 Å². The van der Waals surface area contributed by atoms with Gasteiger partial charge in [-0.3, -0.25) is 4.79 Å². The van der Waals surface area contributed by atoms with Crippen molar-refractivity contribution in [1.82, 2.24) is 3.92 Å². The molecule has 0 saturated heterocycles. The van der Waals surface area contributed by atoms with Crippen molar-refractivity contribution in [3.8, 4) is 0 Å². The molecule has 0 fully saturated rings. The van der Waals surface area contributed by atoms with E-state index in [2.05, 4.69) is 16.2 Å². The summed E-state index contributed by atoms with van der Waals surface area (Å²) in [5.74, 6) is -0.833. The molecule has 0 saturated carbocycles. The Morgan fingerprint density at radius 2 is 1.62 bits per heavy atom. The topological polar surface area (TPSA) is 40.5 Å². The van der Waals surface area contributed by atoms with Crippen LogP contribution in [0.25, 0.3) is 0 Å². The van der Waals surface area contributed by atoms with E-state index >= 15 is 0 Å². The molecule has 0 atom stereocenters. The predicted octanol–water partition coefficient (Wildman–Crippen LogP) is 0.101. The van der Waals surface area contributed by atoms with Crippen LogP contribution in [0.5, 0.6) is 0 Å². The van der Waals surface area contributed by atoms with Crippen LogP contribution in [-0.2, 0) is 21.0 Å². The van der Waals surface area contributed by atoms with Crippen LogP contribution in [0.4, 0.5) is 0 Å². The van der Waals surface area contributed by atoms with E-state index in [4.69, 9.17) is 9.90 Å². The van der Waals surface area contributed by atoms with Gasteiger partial charge in [-0.25, -0.2) is 0 Å². The second kappa shape index (κ2) is 6.95. The van der Waals surface area contributed by atoms with Crippen molar-refractivity contribution in [1.29, 1.82) is 0 Å². The summed E-state index contributed by atoms with van der Waals surface area (Å²) in [6.07, 6.45) is 0. The van der Waals surface area contributed by atoms with Gasteiger partial charge in [0.2, 0.25) is 0 Å². The molecule has 0 heterocycles. The third kappa shape index (κ3) is 57100. The molecule has 8 heavy (non-hydrogen) atoms. The molecular formula is C4H10CuNO2. The first kappa shape index (κ1) is 10.8. The van der Waals surface area contributed by atoms with Crippen LogP contribution >= 0.6 is 0 Å². The minimum absolute atomic E-state index is 0.833. The number of hydrogen-bond donors (Lipinski definition) is 1. The fourth-order valence-electron chi connectivity index (χ4n) is 0. The van der Waals surface area contributed by atoms with Crippen LogP contribution in [-0.4, -0.2) is 29.1 Å². The van der Waals surface area contributed by atoms with Crippen LogP contribution in [0.3, 0.4) is 0 Å². The first-order valence-corrected chi connectivity index (χ1v) is 2.38. The van der Waals surface area contributed by atoms with Crippen molar-refractivity contribution in [2.45, 2.75) is 6.92 Å². The zero-order valence-electron chi connectivity index (χ0n) is 5.10. The number of carboxylic acid groups (broad SMARTS) is 1. The molecule has 0 radical (unpaired) electrons. The van der Waals surface area contributed by atoms with Crippen molar-refractivity contribution in [3.05, 3.63) is 0 Å². The van der Waals surface area contributed by atoms with E-state index in [1.54, 1.807) is 18.0 Å². The minimum atomic E-state index is -0.833. The quantitative estimate of drug-likeness (QED) is 0.521. The second-order valence-corrected chi connectivity index (χ2v) is 2.08. The molecular weight excluding hydrogens is 158 g/mol. The van der Waals surface area contributed by atoms with Crippen LogP contribution in [0.1, 0.15) is 6.92 Å². The molecule has 0 amide bonds. The van der Waals surface area contributed by atoms with E-state index in [1.165, 1.54) is 0 Å².